The van der Waals surface area contributed by atoms with E-state index in [1.807, 2.05) is 18.2 Å². The Morgan fingerprint density at radius 3 is 2.27 bits per heavy atom. The van der Waals surface area contributed by atoms with E-state index in [2.05, 4.69) is 57.5 Å². The standard InChI is InChI=1S/C58H77Cl2N13O8P2S/c1-38(2)84(78,79)52-15-11-9-13-48(52)66-56-53(60)54(68-57(69-56)67-46-19-17-42(34-50(46)81-5)83(77)30-28-73(29-31-83)58(74)61-3)43-32-39(43)36-70-24-26-72(27-25-70)40-20-22-71(23-21-40)41-16-18-45(49(33-41)80-4)62-37-63-55(44(59)35-64-75)65-47-12-8-10-14-51(47)82(6,7)76/h8-15,17,19,33-35,38-40,43,62H,16,18,20-32,36-37H2,1-7H3,(H,61,74)(H,63,65)(H2,66,67,68,69)/b44-35+. The van der Waals surface area contributed by atoms with E-state index < -0.39 is 29.4 Å². The fraction of sp³-hybridized carbons (Fsp3) is 0.483. The van der Waals surface area contributed by atoms with Crippen LogP contribution in [0.4, 0.5) is 33.6 Å². The number of amidine groups is 1. The number of carbonyl (C=O) groups is 1. The largest absolute Gasteiger partial charge is 0.495 e. The van der Waals surface area contributed by atoms with Crippen molar-refractivity contribution in [3.63, 3.8) is 0 Å². The Bertz CT molecular complexity index is 3420. The van der Waals surface area contributed by atoms with Crippen LogP contribution in [0.5, 0.6) is 5.75 Å². The van der Waals surface area contributed by atoms with Crippen LogP contribution in [0.2, 0.25) is 5.02 Å². The number of piperazine rings is 1. The zero-order valence-electron chi connectivity index (χ0n) is 48.7. The third-order valence-electron chi connectivity index (χ3n) is 16.5. The van der Waals surface area contributed by atoms with Gasteiger partial charge in [0, 0.05) is 113 Å². The maximum atomic E-state index is 14.2. The van der Waals surface area contributed by atoms with Crippen molar-refractivity contribution in [1.82, 2.24) is 40.2 Å². The van der Waals surface area contributed by atoms with Crippen LogP contribution in [-0.2, 0) is 23.7 Å². The first kappa shape index (κ1) is 62.5. The molecule has 26 heteroatoms. The molecule has 452 valence electrons. The highest BCUT2D eigenvalue weighted by Gasteiger charge is 2.44. The summed E-state index contributed by atoms with van der Waals surface area (Å²) >= 11 is 13.7. The predicted octanol–water partition coefficient (Wildman–Crippen LogP) is 9.32. The Morgan fingerprint density at radius 2 is 1.61 bits per heavy atom. The lowest BCUT2D eigenvalue weighted by Gasteiger charge is -2.44. The van der Waals surface area contributed by atoms with E-state index in [-0.39, 0.29) is 46.1 Å². The molecule has 3 aromatic carbocycles. The highest BCUT2D eigenvalue weighted by atomic mass is 35.5. The second-order valence-corrected chi connectivity index (χ2v) is 32.1. The minimum Gasteiger partial charge on any atom is -0.495 e. The third-order valence-corrected chi connectivity index (χ3v) is 23.9. The summed E-state index contributed by atoms with van der Waals surface area (Å²) in [5.41, 5.74) is 4.30. The van der Waals surface area contributed by atoms with Crippen LogP contribution in [0.15, 0.2) is 116 Å². The molecule has 1 saturated carbocycles. The number of nitrogens with one attached hydrogen (secondary N) is 5. The van der Waals surface area contributed by atoms with Crippen LogP contribution in [0, 0.1) is 10.8 Å². The molecule has 0 radical (unpaired) electrons. The number of sulfone groups is 1. The van der Waals surface area contributed by atoms with Gasteiger partial charge in [-0.15, -0.1) is 4.91 Å². The van der Waals surface area contributed by atoms with Gasteiger partial charge in [0.2, 0.25) is 5.95 Å². The van der Waals surface area contributed by atoms with E-state index >= 15 is 0 Å². The van der Waals surface area contributed by atoms with Crippen LogP contribution in [-0.4, -0.2) is 174 Å². The number of amides is 2. The monoisotopic (exact) mass is 1250 g/mol. The smallest absolute Gasteiger partial charge is 0.317 e. The average molecular weight is 1250 g/mol. The quantitative estimate of drug-likeness (QED) is 0.0226. The lowest BCUT2D eigenvalue weighted by molar-refractivity contribution is 0.0631. The molecule has 0 bridgehead atoms. The number of para-hydroxylation sites is 2. The normalized spacial score (nSPS) is 20.3. The number of rotatable bonds is 21. The number of likely N-dealkylation sites (tertiary alicyclic amines) is 1. The van der Waals surface area contributed by atoms with Gasteiger partial charge in [-0.2, -0.15) is 4.98 Å². The number of aromatic nitrogens is 2. The van der Waals surface area contributed by atoms with Gasteiger partial charge >= 0.3 is 6.03 Å². The van der Waals surface area contributed by atoms with E-state index in [0.29, 0.717) is 81.5 Å². The van der Waals surface area contributed by atoms with Crippen molar-refractivity contribution in [2.24, 2.45) is 16.1 Å². The number of benzene rings is 3. The second kappa shape index (κ2) is 27.2. The number of hydrogen-bond donors (Lipinski definition) is 5. The second-order valence-electron chi connectivity index (χ2n) is 22.5. The topological polar surface area (TPSA) is 244 Å². The predicted molar refractivity (Wildman–Crippen MR) is 337 cm³/mol. The lowest BCUT2D eigenvalue weighted by Crippen LogP contribution is -2.53. The molecule has 84 heavy (non-hydrogen) atoms. The summed E-state index contributed by atoms with van der Waals surface area (Å²) in [4.78, 5) is 47.4. The summed E-state index contributed by atoms with van der Waals surface area (Å²) in [5, 5.41) is 19.6. The van der Waals surface area contributed by atoms with Gasteiger partial charge in [0.1, 0.15) is 48.4 Å². The number of urea groups is 1. The van der Waals surface area contributed by atoms with Crippen LogP contribution < -0.4 is 41.9 Å². The summed E-state index contributed by atoms with van der Waals surface area (Å²) in [5.74, 6) is 2.24. The number of aliphatic imine (C=N–C) groups is 1. The van der Waals surface area contributed by atoms with E-state index in [1.54, 1.807) is 102 Å². The minimum absolute atomic E-state index is 0.0224. The van der Waals surface area contributed by atoms with Gasteiger partial charge < -0.3 is 59.9 Å². The van der Waals surface area contributed by atoms with Gasteiger partial charge in [-0.25, -0.2) is 23.2 Å². The van der Waals surface area contributed by atoms with E-state index in [0.717, 1.165) is 95.6 Å². The molecule has 9 rings (SSSR count). The maximum Gasteiger partial charge on any atom is 0.317 e. The van der Waals surface area contributed by atoms with Gasteiger partial charge in [0.15, 0.2) is 15.7 Å². The van der Waals surface area contributed by atoms with E-state index in [9.17, 15) is 27.2 Å². The number of halogens is 2. The molecule has 2 amide bonds. The molecular weight excluding hydrogens is 1170 g/mol. The Morgan fingerprint density at radius 1 is 0.905 bits per heavy atom. The number of nitrogens with zero attached hydrogens (tertiary/aromatic N) is 8. The van der Waals surface area contributed by atoms with Crippen molar-refractivity contribution in [3.8, 4) is 5.75 Å². The molecule has 1 aromatic heterocycles. The molecule has 3 aliphatic heterocycles. The number of piperidine rings is 1. The fourth-order valence-corrected chi connectivity index (χ4v) is 16.9. The SMILES string of the molecule is CNC(=O)N1CCP(=O)(c2ccc(Nc3nc(Nc4ccccc4S(=O)(=O)C(C)C)c(Cl)c(C4CC4CN4CCN(C5CCN(C6=CC(OC)=C(NC/N=C(Nc7ccccc7P(C)(C)=O)\C(Cl)=C/N=O)CC6)CC5)CC4)n3)c(OC)c2)CC1. The molecule has 4 fully saturated rings. The molecule has 2 atom stereocenters. The summed E-state index contributed by atoms with van der Waals surface area (Å²) in [7, 11) is -4.35. The van der Waals surface area contributed by atoms with Crippen molar-refractivity contribution < 1.29 is 31.8 Å². The number of methoxy groups -OCH3 is 2. The van der Waals surface area contributed by atoms with E-state index in [4.69, 9.17) is 42.6 Å². The zero-order valence-corrected chi connectivity index (χ0v) is 52.9. The van der Waals surface area contributed by atoms with Gasteiger partial charge in [-0.1, -0.05) is 47.5 Å². The molecule has 2 aliphatic carbocycles. The average Bonchev–Trinajstić information content (AvgIpc) is 3.53. The highest BCUT2D eigenvalue weighted by Crippen LogP contribution is 2.52. The van der Waals surface area contributed by atoms with Crippen molar-refractivity contribution in [2.45, 2.75) is 68.1 Å². The number of hydrogen-bond acceptors (Lipinski definition) is 18. The van der Waals surface area contributed by atoms with Crippen molar-refractivity contribution >= 4 is 98.6 Å². The molecule has 21 nitrogen and oxygen atoms in total. The Kier molecular flexibility index (Phi) is 20.2. The molecular formula is C58H77Cl2N13O8P2S. The first-order valence-electron chi connectivity index (χ1n) is 28.5. The van der Waals surface area contributed by atoms with Crippen LogP contribution in [0.1, 0.15) is 57.6 Å². The first-order valence-corrected chi connectivity index (χ1v) is 35.5. The van der Waals surface area contributed by atoms with Crippen LogP contribution in [0.25, 0.3) is 0 Å². The molecule has 3 saturated heterocycles. The number of allylic oxidation sites excluding steroid dienone is 3. The number of carbonyl (C=O) groups excluding carboxylic acids is 1. The van der Waals surface area contributed by atoms with Crippen molar-refractivity contribution in [3.05, 3.63) is 117 Å². The molecule has 5 N–H and O–H groups in total. The fourth-order valence-electron chi connectivity index (χ4n) is 11.5. The maximum absolute atomic E-state index is 14.2. The van der Waals surface area contributed by atoms with Gasteiger partial charge in [0.05, 0.1) is 59.0 Å². The number of nitroso groups, excluding NO2 is 1. The lowest BCUT2D eigenvalue weighted by atomic mass is 9.98. The van der Waals surface area contributed by atoms with Crippen molar-refractivity contribution in [1.29, 1.82) is 0 Å². The molecule has 4 heterocycles. The van der Waals surface area contributed by atoms with Gasteiger partial charge in [-0.05, 0) is 113 Å². The Labute approximate surface area is 503 Å². The van der Waals surface area contributed by atoms with Crippen molar-refractivity contribution in [2.75, 3.05) is 128 Å². The van der Waals surface area contributed by atoms with Gasteiger partial charge in [0.25, 0.3) is 0 Å². The Hall–Kier alpha value is -5.99. The number of ether oxygens (including phenoxy) is 2. The minimum atomic E-state index is -3.68. The van der Waals surface area contributed by atoms with E-state index in [1.165, 1.54) is 5.70 Å². The third kappa shape index (κ3) is 14.6. The summed E-state index contributed by atoms with van der Waals surface area (Å²) in [6, 6.07) is 19.7. The zero-order chi connectivity index (χ0) is 59.9. The van der Waals surface area contributed by atoms with Gasteiger partial charge in [-0.3, -0.25) is 4.90 Å². The Balaban J connectivity index is 0.820. The molecule has 0 spiro atoms. The summed E-state index contributed by atoms with van der Waals surface area (Å²) in [6.07, 6.45) is 8.39. The molecule has 5 aliphatic rings. The molecule has 2 unspecified atom stereocenters. The summed E-state index contributed by atoms with van der Waals surface area (Å²) in [6.45, 7) is 14.2. The van der Waals surface area contributed by atoms with Crippen LogP contribution in [0.3, 0.4) is 0 Å². The van der Waals surface area contributed by atoms with Crippen LogP contribution >= 0.6 is 37.5 Å². The number of anilines is 5. The highest BCUT2D eigenvalue weighted by molar-refractivity contribution is 7.92. The summed E-state index contributed by atoms with van der Waals surface area (Å²) < 4.78 is 66.1. The molecule has 4 aromatic rings. The first-order chi connectivity index (χ1) is 40.2.